The molecule has 0 saturated heterocycles. The van der Waals surface area contributed by atoms with E-state index in [9.17, 15) is 38.6 Å². The number of halogens is 6. The van der Waals surface area contributed by atoms with Crippen molar-refractivity contribution in [3.05, 3.63) is 147 Å². The zero-order valence-electron chi connectivity index (χ0n) is 37.9. The lowest BCUT2D eigenvalue weighted by Gasteiger charge is -2.23. The van der Waals surface area contributed by atoms with Gasteiger partial charge in [0, 0.05) is 40.0 Å². The SMILES string of the molecule is C.C=CCCO.C=CCCOc1cc(N(Cc2cc(F)cc(OCC=C)c2)C(=O)OCC)c([N+](=O)[O-])c(N)n1.C=CCOc1cc(F)cc(CN(C(=O)OCC)c2cc(Br)nc(N)c2[N+](=O)[O-])c1.F.FF. The van der Waals surface area contributed by atoms with E-state index in [-0.39, 0.29) is 104 Å². The van der Waals surface area contributed by atoms with E-state index in [1.54, 1.807) is 26.0 Å². The number of benzene rings is 2. The molecule has 2 heterocycles. The van der Waals surface area contributed by atoms with Crippen LogP contribution in [0.25, 0.3) is 0 Å². The van der Waals surface area contributed by atoms with Gasteiger partial charge in [-0.05, 0) is 78.0 Å². The summed E-state index contributed by atoms with van der Waals surface area (Å²) in [4.78, 5) is 56.7. The third-order valence-corrected chi connectivity index (χ3v) is 8.46. The van der Waals surface area contributed by atoms with E-state index in [1.165, 1.54) is 60.7 Å². The third kappa shape index (κ3) is 22.0. The van der Waals surface area contributed by atoms with Crippen LogP contribution in [0.1, 0.15) is 45.2 Å². The van der Waals surface area contributed by atoms with Crippen LogP contribution in [0.4, 0.5) is 66.6 Å². The third-order valence-electron chi connectivity index (χ3n) is 8.05. The van der Waals surface area contributed by atoms with Crippen LogP contribution < -0.4 is 35.5 Å². The summed E-state index contributed by atoms with van der Waals surface area (Å²) < 4.78 is 70.6. The number of carbonyl (C=O) groups excluding carboxylic acids is 2. The molecule has 0 spiro atoms. The van der Waals surface area contributed by atoms with E-state index in [0.717, 1.165) is 9.80 Å². The van der Waals surface area contributed by atoms with Gasteiger partial charge in [-0.2, -0.15) is 4.98 Å². The molecule has 390 valence electrons. The van der Waals surface area contributed by atoms with E-state index in [2.05, 4.69) is 52.2 Å². The molecule has 0 bridgehead atoms. The molecule has 0 aliphatic carbocycles. The Kier molecular flexibility index (Phi) is 32.4. The topological polar surface area (TPSA) is 271 Å². The molecule has 0 unspecified atom stereocenters. The average Bonchev–Trinajstić information content (AvgIpc) is 3.29. The Bertz CT molecular complexity index is 2390. The van der Waals surface area contributed by atoms with Crippen molar-refractivity contribution in [1.82, 2.24) is 9.97 Å². The second-order valence-corrected chi connectivity index (χ2v) is 13.8. The van der Waals surface area contributed by atoms with Crippen molar-refractivity contribution >= 4 is 62.5 Å². The summed E-state index contributed by atoms with van der Waals surface area (Å²) in [6, 6.07) is 10.2. The van der Waals surface area contributed by atoms with Gasteiger partial charge in [0.2, 0.25) is 17.5 Å². The lowest BCUT2D eigenvalue weighted by Crippen LogP contribution is -2.32. The number of aromatic nitrogens is 2. The van der Waals surface area contributed by atoms with Gasteiger partial charge in [0.25, 0.3) is 0 Å². The van der Waals surface area contributed by atoms with Gasteiger partial charge in [-0.1, -0.05) is 44.9 Å². The molecule has 0 radical (unpaired) electrons. The fraction of sp³-hybridized carbons (Fsp3) is 0.289. The fourth-order valence-electron chi connectivity index (χ4n) is 5.40. The molecule has 71 heavy (non-hydrogen) atoms. The highest BCUT2D eigenvalue weighted by Gasteiger charge is 2.32. The lowest BCUT2D eigenvalue weighted by atomic mass is 10.1. The van der Waals surface area contributed by atoms with Crippen molar-refractivity contribution in [3.63, 3.8) is 0 Å². The van der Waals surface area contributed by atoms with Gasteiger partial charge in [-0.15, -0.1) is 13.2 Å². The van der Waals surface area contributed by atoms with E-state index < -0.39 is 50.9 Å². The van der Waals surface area contributed by atoms with Crippen LogP contribution in [-0.4, -0.2) is 76.7 Å². The number of amides is 2. The molecule has 4 rings (SSSR count). The van der Waals surface area contributed by atoms with Crippen molar-refractivity contribution in [1.29, 1.82) is 0 Å². The zero-order chi connectivity index (χ0) is 52.1. The van der Waals surface area contributed by atoms with Crippen molar-refractivity contribution in [3.8, 4) is 17.4 Å². The molecule has 0 saturated carbocycles. The second-order valence-electron chi connectivity index (χ2n) is 13.0. The number of nitro groups is 2. The molecule has 5 N–H and O–H groups in total. The minimum Gasteiger partial charge on any atom is -0.489 e. The largest absolute Gasteiger partial charge is 0.489 e. The Morgan fingerprint density at radius 3 is 1.51 bits per heavy atom. The van der Waals surface area contributed by atoms with E-state index in [0.29, 0.717) is 24.0 Å². The summed E-state index contributed by atoms with van der Waals surface area (Å²) in [5.74, 6) is -1.67. The van der Waals surface area contributed by atoms with E-state index in [1.807, 2.05) is 0 Å². The number of nitrogen functional groups attached to an aromatic ring is 2. The first-order valence-electron chi connectivity index (χ1n) is 20.1. The van der Waals surface area contributed by atoms with Crippen LogP contribution >= 0.6 is 15.9 Å². The van der Waals surface area contributed by atoms with E-state index in [4.69, 9.17) is 49.4 Å². The molecule has 0 fully saturated rings. The number of anilines is 4. The Hall–Kier alpha value is -7.87. The van der Waals surface area contributed by atoms with Crippen LogP contribution in [-0.2, 0) is 22.6 Å². The Balaban J connectivity index is 0. The predicted molar refractivity (Wildman–Crippen MR) is 263 cm³/mol. The average molecular weight is 1080 g/mol. The van der Waals surface area contributed by atoms with E-state index >= 15 is 0 Å². The number of aliphatic hydroxyl groups excluding tert-OH is 1. The summed E-state index contributed by atoms with van der Waals surface area (Å²) in [6.45, 7) is 17.4. The van der Waals surface area contributed by atoms with Gasteiger partial charge in [-0.25, -0.2) is 23.4 Å². The number of pyridine rings is 2. The first-order valence-corrected chi connectivity index (χ1v) is 20.9. The van der Waals surface area contributed by atoms with Gasteiger partial charge in [0.1, 0.15) is 52.3 Å². The van der Waals surface area contributed by atoms with Crippen LogP contribution in [0.3, 0.4) is 0 Å². The number of rotatable bonds is 22. The highest BCUT2D eigenvalue weighted by Crippen LogP contribution is 2.38. The van der Waals surface area contributed by atoms with Crippen LogP contribution in [0.2, 0.25) is 0 Å². The number of hydrogen-bond acceptors (Lipinski definition) is 16. The maximum absolute atomic E-state index is 14.2. The first kappa shape index (κ1) is 65.2. The molecule has 4 aromatic rings. The summed E-state index contributed by atoms with van der Waals surface area (Å²) in [7, 11) is 0. The van der Waals surface area contributed by atoms with Gasteiger partial charge in [0.05, 0.1) is 42.8 Å². The zero-order valence-corrected chi connectivity index (χ0v) is 39.5. The van der Waals surface area contributed by atoms with Crippen LogP contribution in [0.15, 0.2) is 104 Å². The van der Waals surface area contributed by atoms with Gasteiger partial charge >= 0.3 is 23.6 Å². The Labute approximate surface area is 414 Å². The molecule has 20 nitrogen and oxygen atoms in total. The maximum atomic E-state index is 14.2. The minimum absolute atomic E-state index is 0. The Morgan fingerprint density at radius 1 is 0.718 bits per heavy atom. The highest BCUT2D eigenvalue weighted by atomic mass is 79.9. The van der Waals surface area contributed by atoms with Crippen molar-refractivity contribution < 1.29 is 70.9 Å². The van der Waals surface area contributed by atoms with Gasteiger partial charge in [-0.3, -0.25) is 34.7 Å². The number of aliphatic hydroxyl groups is 1. The Morgan fingerprint density at radius 2 is 1.14 bits per heavy atom. The molecule has 2 aromatic carbocycles. The molecular formula is C45H56BrF5N8O12. The fourth-order valence-corrected chi connectivity index (χ4v) is 5.80. The van der Waals surface area contributed by atoms with Gasteiger partial charge in [0.15, 0.2) is 0 Å². The first-order chi connectivity index (χ1) is 33.0. The van der Waals surface area contributed by atoms with Crippen LogP contribution in [0, 0.1) is 31.9 Å². The molecule has 0 aliphatic heterocycles. The quantitative estimate of drug-likeness (QED) is 0.0165. The molecule has 2 amide bonds. The lowest BCUT2D eigenvalue weighted by molar-refractivity contribution is -0.383. The minimum atomic E-state index is -0.902. The summed E-state index contributed by atoms with van der Waals surface area (Å²) in [5.41, 5.74) is 10.6. The van der Waals surface area contributed by atoms with Crippen molar-refractivity contribution in [2.24, 2.45) is 0 Å². The summed E-state index contributed by atoms with van der Waals surface area (Å²) >= 11 is 3.11. The summed E-state index contributed by atoms with van der Waals surface area (Å²) in [5, 5.41) is 31.3. The number of ether oxygens (including phenoxy) is 5. The molecule has 26 heteroatoms. The molecule has 0 atom stereocenters. The smallest absolute Gasteiger partial charge is 0.414 e. The molecular weight excluding hydrogens is 1020 g/mol. The maximum Gasteiger partial charge on any atom is 0.414 e. The predicted octanol–water partition coefficient (Wildman–Crippen LogP) is 10.8. The highest BCUT2D eigenvalue weighted by molar-refractivity contribution is 9.10. The normalized spacial score (nSPS) is 9.58. The van der Waals surface area contributed by atoms with Crippen molar-refractivity contribution in [2.45, 2.75) is 47.2 Å². The number of hydrogen-bond donors (Lipinski definition) is 3. The second kappa shape index (κ2) is 35.3. The molecule has 0 aliphatic rings. The van der Waals surface area contributed by atoms with Crippen molar-refractivity contribution in [2.75, 3.05) is 60.9 Å². The summed E-state index contributed by atoms with van der Waals surface area (Å²) in [6.07, 6.45) is 5.72. The number of nitrogens with two attached hydrogens (primary N) is 2. The number of carbonyl (C=O) groups is 2. The standard InChI is InChI=1S/C22H25FN4O6.C18H18BrFN4O5.C4H8O.CH4.F2.FH/c1-4-7-9-33-19-13-18(20(27(29)30)21(24)25-19)26(22(28)31-6-3)14-15-10-16(23)12-17(11-15)32-8-5-2;1-3-5-29-13-7-11(6-12(20)8-13)10-23(18(25)28-4-2)14-9-15(19)22-17(21)16(14)24(26)27;1-2-3-4-5;;1-2;/h4-5,10-13H,1-2,6-9,14H2,3H3,(H2,24,25);3,6-9H,1,4-5,10H2,2H3,(H2,21,22);2,5H,1,3-4H2;1H4;;1H. The molecule has 2 aromatic heterocycles. The number of nitrogens with zero attached hydrogens (tertiary/aromatic N) is 6. The monoisotopic (exact) mass is 1070 g/mol. The van der Waals surface area contributed by atoms with Gasteiger partial charge < -0.3 is 40.3 Å². The van der Waals surface area contributed by atoms with Crippen LogP contribution in [0.5, 0.6) is 17.4 Å².